The van der Waals surface area contributed by atoms with Crippen LogP contribution in [0.4, 0.5) is 0 Å². The number of oxazole rings is 1. The Morgan fingerprint density at radius 1 is 1.10 bits per heavy atom. The number of nitrogens with one attached hydrogen (secondary N) is 2. The maximum Gasteiger partial charge on any atom is 0.417 e. The van der Waals surface area contributed by atoms with Crippen molar-refractivity contribution in [3.8, 4) is 23.3 Å². The van der Waals surface area contributed by atoms with Crippen molar-refractivity contribution in [1.82, 2.24) is 19.7 Å². The van der Waals surface area contributed by atoms with Gasteiger partial charge in [-0.15, -0.1) is 5.10 Å². The number of fused-ring (bicyclic) bond motifs is 1. The summed E-state index contributed by atoms with van der Waals surface area (Å²) in [5, 5.41) is 12.7. The van der Waals surface area contributed by atoms with E-state index in [0.29, 0.717) is 11.3 Å². The molecule has 0 atom stereocenters. The monoisotopic (exact) mass is 431 g/mol. The number of aromatic nitrogens is 4. The minimum atomic E-state index is -0.905. The number of ether oxygens (including phenoxy) is 1. The third-order valence-corrected chi connectivity index (χ3v) is 4.34. The minimum absolute atomic E-state index is 0.0292. The Bertz CT molecular complexity index is 1470. The molecule has 4 rings (SSSR count). The van der Waals surface area contributed by atoms with Crippen molar-refractivity contribution in [2.75, 3.05) is 0 Å². The normalized spacial score (nSPS) is 10.8. The molecule has 0 saturated carbocycles. The van der Waals surface area contributed by atoms with Crippen molar-refractivity contribution < 1.29 is 9.15 Å². The zero-order valence-electron chi connectivity index (χ0n) is 14.0. The van der Waals surface area contributed by atoms with Gasteiger partial charge in [0.15, 0.2) is 11.3 Å². The molecule has 10 nitrogen and oxygen atoms in total. The van der Waals surface area contributed by atoms with E-state index in [1.165, 1.54) is 18.2 Å². The van der Waals surface area contributed by atoms with Crippen LogP contribution in [-0.4, -0.2) is 19.7 Å². The number of rotatable bonds is 3. The van der Waals surface area contributed by atoms with Crippen LogP contribution in [0.5, 0.6) is 11.5 Å². The lowest BCUT2D eigenvalue weighted by molar-refractivity contribution is 0.481. The van der Waals surface area contributed by atoms with Crippen LogP contribution in [-0.2, 0) is 0 Å². The van der Waals surface area contributed by atoms with E-state index in [4.69, 9.17) is 37.6 Å². The van der Waals surface area contributed by atoms with Crippen LogP contribution in [0.25, 0.3) is 16.8 Å². The smallest absolute Gasteiger partial charge is 0.417 e. The van der Waals surface area contributed by atoms with Crippen LogP contribution in [0.1, 0.15) is 5.69 Å². The van der Waals surface area contributed by atoms with Crippen LogP contribution in [0, 0.1) is 11.3 Å². The molecule has 0 saturated heterocycles. The summed E-state index contributed by atoms with van der Waals surface area (Å²) < 4.78 is 11.4. The van der Waals surface area contributed by atoms with Crippen molar-refractivity contribution >= 4 is 34.3 Å². The molecule has 0 spiro atoms. The largest absolute Gasteiger partial charge is 0.454 e. The lowest BCUT2D eigenvalue weighted by atomic mass is 10.3. The molecule has 0 amide bonds. The molecule has 29 heavy (non-hydrogen) atoms. The molecule has 0 radical (unpaired) electrons. The van der Waals surface area contributed by atoms with Gasteiger partial charge in [0.25, 0.3) is 5.56 Å². The lowest BCUT2D eigenvalue weighted by Crippen LogP contribution is -2.33. The number of nitriles is 1. The minimum Gasteiger partial charge on any atom is -0.454 e. The van der Waals surface area contributed by atoms with Crippen molar-refractivity contribution in [2.45, 2.75) is 0 Å². The van der Waals surface area contributed by atoms with E-state index in [1.54, 1.807) is 18.2 Å². The molecule has 0 fully saturated rings. The molecule has 2 N–H and O–H groups in total. The third kappa shape index (κ3) is 3.40. The predicted molar refractivity (Wildman–Crippen MR) is 102 cm³/mol. The third-order valence-electron chi connectivity index (χ3n) is 3.77. The standard InChI is InChI=1S/C17H7Cl2N5O5/c18-9-3-7(24-16(26)22-15(25)12(6-20)23-24)4-10(19)14(9)28-8-1-2-11-13(5-8)29-17(27)21-11/h1-5H,(H,21,27)(H,22,25,26). The van der Waals surface area contributed by atoms with Gasteiger partial charge in [-0.1, -0.05) is 23.2 Å². The van der Waals surface area contributed by atoms with Crippen LogP contribution >= 0.6 is 23.2 Å². The molecule has 144 valence electrons. The second kappa shape index (κ2) is 6.97. The summed E-state index contributed by atoms with van der Waals surface area (Å²) in [6.45, 7) is 0. The quantitative estimate of drug-likeness (QED) is 0.505. The molecular formula is C17H7Cl2N5O5. The summed E-state index contributed by atoms with van der Waals surface area (Å²) >= 11 is 12.5. The molecule has 12 heteroatoms. The molecule has 4 aromatic rings. The first-order chi connectivity index (χ1) is 13.9. The molecule has 0 aliphatic rings. The van der Waals surface area contributed by atoms with Crippen molar-refractivity contribution in [3.05, 3.63) is 77.5 Å². The fraction of sp³-hybridized carbons (Fsp3) is 0. The number of nitrogens with zero attached hydrogens (tertiary/aromatic N) is 3. The average molecular weight is 432 g/mol. The summed E-state index contributed by atoms with van der Waals surface area (Å²) in [7, 11) is 0. The Labute approximate surface area is 169 Å². The second-order valence-electron chi connectivity index (χ2n) is 5.64. The van der Waals surface area contributed by atoms with Crippen molar-refractivity contribution in [2.24, 2.45) is 0 Å². The van der Waals surface area contributed by atoms with E-state index >= 15 is 0 Å². The van der Waals surface area contributed by atoms with E-state index in [9.17, 15) is 14.4 Å². The number of H-pyrrole nitrogens is 2. The van der Waals surface area contributed by atoms with Crippen molar-refractivity contribution in [3.63, 3.8) is 0 Å². The van der Waals surface area contributed by atoms with Gasteiger partial charge < -0.3 is 9.15 Å². The van der Waals surface area contributed by atoms with E-state index in [-0.39, 0.29) is 27.1 Å². The predicted octanol–water partition coefficient (Wildman–Crippen LogP) is 2.33. The first-order valence-corrected chi connectivity index (χ1v) is 8.55. The maximum absolute atomic E-state index is 12.0. The summed E-state index contributed by atoms with van der Waals surface area (Å²) in [4.78, 5) is 39.2. The van der Waals surface area contributed by atoms with Crippen LogP contribution in [0.3, 0.4) is 0 Å². The highest BCUT2D eigenvalue weighted by Crippen LogP contribution is 2.38. The Hall–Kier alpha value is -3.81. The number of hydrogen-bond acceptors (Lipinski definition) is 7. The highest BCUT2D eigenvalue weighted by molar-refractivity contribution is 6.37. The Kier molecular flexibility index (Phi) is 4.46. The number of aromatic amines is 2. The fourth-order valence-electron chi connectivity index (χ4n) is 2.52. The van der Waals surface area contributed by atoms with Crippen LogP contribution in [0.15, 0.2) is 49.1 Å². The lowest BCUT2D eigenvalue weighted by Gasteiger charge is -2.12. The van der Waals surface area contributed by atoms with Gasteiger partial charge in [0.1, 0.15) is 11.8 Å². The van der Waals surface area contributed by atoms with Crippen LogP contribution in [0.2, 0.25) is 10.0 Å². The van der Waals surface area contributed by atoms with E-state index in [0.717, 1.165) is 4.68 Å². The van der Waals surface area contributed by atoms with Gasteiger partial charge in [-0.05, 0) is 24.3 Å². The zero-order valence-corrected chi connectivity index (χ0v) is 15.5. The highest BCUT2D eigenvalue weighted by Gasteiger charge is 2.15. The first kappa shape index (κ1) is 18.5. The summed E-state index contributed by atoms with van der Waals surface area (Å²) in [5.41, 5.74) is -1.40. The van der Waals surface area contributed by atoms with E-state index in [2.05, 4.69) is 10.1 Å². The molecule has 0 aliphatic heterocycles. The highest BCUT2D eigenvalue weighted by atomic mass is 35.5. The van der Waals surface area contributed by atoms with Crippen LogP contribution < -0.4 is 21.7 Å². The van der Waals surface area contributed by atoms with Gasteiger partial charge in [-0.3, -0.25) is 14.8 Å². The fourth-order valence-corrected chi connectivity index (χ4v) is 3.07. The van der Waals surface area contributed by atoms with Gasteiger partial charge in [-0.2, -0.15) is 9.94 Å². The van der Waals surface area contributed by atoms with Crippen molar-refractivity contribution in [1.29, 1.82) is 5.26 Å². The van der Waals surface area contributed by atoms with Gasteiger partial charge in [-0.25, -0.2) is 9.59 Å². The van der Waals surface area contributed by atoms with Gasteiger partial charge >= 0.3 is 11.4 Å². The van der Waals surface area contributed by atoms with E-state index in [1.807, 2.05) is 4.98 Å². The molecule has 0 unspecified atom stereocenters. The Morgan fingerprint density at radius 2 is 1.83 bits per heavy atom. The van der Waals surface area contributed by atoms with Gasteiger partial charge in [0, 0.05) is 6.07 Å². The Morgan fingerprint density at radius 3 is 2.52 bits per heavy atom. The maximum atomic E-state index is 12.0. The molecule has 2 heterocycles. The second-order valence-corrected chi connectivity index (χ2v) is 6.46. The number of benzene rings is 2. The van der Waals surface area contributed by atoms with E-state index < -0.39 is 22.7 Å². The molecule has 2 aromatic carbocycles. The Balaban J connectivity index is 1.76. The molecule has 2 aromatic heterocycles. The molecule has 0 aliphatic carbocycles. The van der Waals surface area contributed by atoms with Gasteiger partial charge in [0.2, 0.25) is 5.69 Å². The summed E-state index contributed by atoms with van der Waals surface area (Å²) in [6.07, 6.45) is 0. The van der Waals surface area contributed by atoms with Gasteiger partial charge in [0.05, 0.1) is 21.2 Å². The summed E-state index contributed by atoms with van der Waals surface area (Å²) in [6, 6.07) is 8.86. The zero-order chi connectivity index (χ0) is 20.7. The molecular weight excluding hydrogens is 425 g/mol. The first-order valence-electron chi connectivity index (χ1n) is 7.79. The number of hydrogen-bond donors (Lipinski definition) is 2. The summed E-state index contributed by atoms with van der Waals surface area (Å²) in [5.74, 6) is -0.233. The average Bonchev–Trinajstić information content (AvgIpc) is 3.04. The molecule has 0 bridgehead atoms. The topological polar surface area (TPSA) is 147 Å². The SMILES string of the molecule is N#Cc1nn(-c2cc(Cl)c(Oc3ccc4[nH]c(=O)oc4c3)c(Cl)c2)c(=O)[nH]c1=O. The number of halogens is 2.